The molecule has 0 aromatic heterocycles. The number of benzene rings is 1. The summed E-state index contributed by atoms with van der Waals surface area (Å²) in [6.07, 6.45) is 3.27. The van der Waals surface area contributed by atoms with Gasteiger partial charge in [-0.25, -0.2) is 5.43 Å². The van der Waals surface area contributed by atoms with E-state index in [1.807, 2.05) is 18.2 Å². The van der Waals surface area contributed by atoms with E-state index in [0.29, 0.717) is 25.6 Å². The molecule has 0 aliphatic carbocycles. The van der Waals surface area contributed by atoms with E-state index in [9.17, 15) is 4.79 Å². The van der Waals surface area contributed by atoms with Crippen LogP contribution in [0.2, 0.25) is 0 Å². The van der Waals surface area contributed by atoms with Crippen LogP contribution in [0.1, 0.15) is 18.9 Å². The molecular weight excluding hydrogens is 364 g/mol. The van der Waals surface area contributed by atoms with Crippen LogP contribution in [0.3, 0.4) is 0 Å². The summed E-state index contributed by atoms with van der Waals surface area (Å²) >= 11 is 3.39. The molecule has 0 unspecified atom stereocenters. The van der Waals surface area contributed by atoms with Crippen LogP contribution in [0, 0.1) is 0 Å². The largest absolute Gasteiger partial charge is 0.489 e. The van der Waals surface area contributed by atoms with Gasteiger partial charge < -0.3 is 14.2 Å². The molecule has 124 valence electrons. The highest BCUT2D eigenvalue weighted by Crippen LogP contribution is 2.23. The molecule has 1 fully saturated rings. The Balaban J connectivity index is 1.95. The molecule has 1 aliphatic rings. The van der Waals surface area contributed by atoms with Crippen molar-refractivity contribution in [3.8, 4) is 5.75 Å². The van der Waals surface area contributed by atoms with Crippen molar-refractivity contribution < 1.29 is 19.0 Å². The van der Waals surface area contributed by atoms with Gasteiger partial charge in [0.05, 0.1) is 25.8 Å². The van der Waals surface area contributed by atoms with Gasteiger partial charge in [0.15, 0.2) is 5.79 Å². The molecule has 1 amide bonds. The number of rotatable bonds is 7. The summed E-state index contributed by atoms with van der Waals surface area (Å²) in [5.74, 6) is -0.497. The number of carbonyl (C=O) groups excluding carboxylic acids is 1. The van der Waals surface area contributed by atoms with Crippen LogP contribution in [0.4, 0.5) is 0 Å². The van der Waals surface area contributed by atoms with Crippen LogP contribution in [-0.4, -0.2) is 37.7 Å². The summed E-state index contributed by atoms with van der Waals surface area (Å²) in [6.45, 7) is 6.73. The molecule has 0 bridgehead atoms. The number of halogens is 1. The summed E-state index contributed by atoms with van der Waals surface area (Å²) in [6, 6.07) is 5.53. The molecule has 6 nitrogen and oxygen atoms in total. The molecule has 1 aromatic rings. The Bertz CT molecular complexity index is 598. The first-order valence-corrected chi connectivity index (χ1v) is 7.95. The molecule has 2 rings (SSSR count). The Hall–Kier alpha value is -1.70. The minimum Gasteiger partial charge on any atom is -0.489 e. The van der Waals surface area contributed by atoms with E-state index < -0.39 is 5.79 Å². The lowest BCUT2D eigenvalue weighted by atomic mass is 10.2. The third-order valence-corrected chi connectivity index (χ3v) is 3.59. The van der Waals surface area contributed by atoms with E-state index in [1.54, 1.807) is 13.0 Å². The standard InChI is InChI=1S/C16H19BrN2O4/c1-3-6-21-14-5-4-13(17)9-12(14)11-18-19-15(20)10-16(2)22-7-8-23-16/h3-5,9,11H,1,6-8,10H2,2H3,(H,19,20)/b18-11-. The maximum atomic E-state index is 11.9. The van der Waals surface area contributed by atoms with E-state index in [2.05, 4.69) is 33.0 Å². The van der Waals surface area contributed by atoms with Gasteiger partial charge in [0.1, 0.15) is 12.4 Å². The van der Waals surface area contributed by atoms with Crippen molar-refractivity contribution in [2.75, 3.05) is 19.8 Å². The average Bonchev–Trinajstić information content (AvgIpc) is 2.92. The summed E-state index contributed by atoms with van der Waals surface area (Å²) < 4.78 is 17.2. The average molecular weight is 383 g/mol. The van der Waals surface area contributed by atoms with Crippen LogP contribution < -0.4 is 10.2 Å². The predicted molar refractivity (Wildman–Crippen MR) is 90.5 cm³/mol. The molecule has 0 saturated carbocycles. The fourth-order valence-electron chi connectivity index (χ4n) is 2.06. The minimum atomic E-state index is -0.867. The normalized spacial score (nSPS) is 16.4. The topological polar surface area (TPSA) is 69.2 Å². The maximum absolute atomic E-state index is 11.9. The van der Waals surface area contributed by atoms with E-state index in [0.717, 1.165) is 10.0 Å². The second-order valence-electron chi connectivity index (χ2n) is 5.08. The quantitative estimate of drug-likeness (QED) is 0.447. The SMILES string of the molecule is C=CCOc1ccc(Br)cc1/C=N\NC(=O)CC1(C)OCCO1. The molecule has 23 heavy (non-hydrogen) atoms. The molecule has 1 heterocycles. The molecule has 7 heteroatoms. The number of nitrogens with one attached hydrogen (secondary N) is 1. The summed E-state index contributed by atoms with van der Waals surface area (Å²) in [5, 5.41) is 3.96. The van der Waals surface area contributed by atoms with Crippen molar-refractivity contribution in [2.24, 2.45) is 5.10 Å². The lowest BCUT2D eigenvalue weighted by Gasteiger charge is -2.20. The fraction of sp³-hybridized carbons (Fsp3) is 0.375. The molecule has 0 radical (unpaired) electrons. The summed E-state index contributed by atoms with van der Waals surface area (Å²) in [5.41, 5.74) is 3.20. The van der Waals surface area contributed by atoms with Crippen molar-refractivity contribution in [3.63, 3.8) is 0 Å². The second kappa shape index (κ2) is 8.24. The molecule has 1 aliphatic heterocycles. The fourth-order valence-corrected chi connectivity index (χ4v) is 2.44. The van der Waals surface area contributed by atoms with Crippen LogP contribution >= 0.6 is 15.9 Å². The number of hydrogen-bond donors (Lipinski definition) is 1. The predicted octanol–water partition coefficient (Wildman–Crippen LogP) is 2.62. The van der Waals surface area contributed by atoms with Crippen molar-refractivity contribution in [1.82, 2.24) is 5.43 Å². The monoisotopic (exact) mass is 382 g/mol. The Morgan fingerprint density at radius 2 is 2.26 bits per heavy atom. The van der Waals surface area contributed by atoms with Crippen molar-refractivity contribution >= 4 is 28.1 Å². The number of hydrazone groups is 1. The molecule has 1 N–H and O–H groups in total. The third-order valence-electron chi connectivity index (χ3n) is 3.10. The Morgan fingerprint density at radius 1 is 1.52 bits per heavy atom. The van der Waals surface area contributed by atoms with Gasteiger partial charge in [-0.1, -0.05) is 28.6 Å². The van der Waals surface area contributed by atoms with Crippen LogP contribution in [-0.2, 0) is 14.3 Å². The van der Waals surface area contributed by atoms with Gasteiger partial charge in [0, 0.05) is 10.0 Å². The first kappa shape index (κ1) is 17.7. The Morgan fingerprint density at radius 3 is 2.96 bits per heavy atom. The summed E-state index contributed by atoms with van der Waals surface area (Å²) in [4.78, 5) is 11.9. The molecule has 1 saturated heterocycles. The van der Waals surface area contributed by atoms with E-state index >= 15 is 0 Å². The molecular formula is C16H19BrN2O4. The second-order valence-corrected chi connectivity index (χ2v) is 6.00. The Kier molecular flexibility index (Phi) is 6.32. The number of ether oxygens (including phenoxy) is 3. The van der Waals surface area contributed by atoms with Crippen molar-refractivity contribution in [1.29, 1.82) is 0 Å². The highest BCUT2D eigenvalue weighted by atomic mass is 79.9. The highest BCUT2D eigenvalue weighted by Gasteiger charge is 2.33. The van der Waals surface area contributed by atoms with Gasteiger partial charge in [-0.05, 0) is 25.1 Å². The highest BCUT2D eigenvalue weighted by molar-refractivity contribution is 9.10. The van der Waals surface area contributed by atoms with Crippen molar-refractivity contribution in [3.05, 3.63) is 40.9 Å². The van der Waals surface area contributed by atoms with E-state index in [1.165, 1.54) is 6.21 Å². The minimum absolute atomic E-state index is 0.0860. The molecule has 0 atom stereocenters. The number of nitrogens with zero attached hydrogens (tertiary/aromatic N) is 1. The van der Waals surface area contributed by atoms with Gasteiger partial charge in [0.25, 0.3) is 0 Å². The number of carbonyl (C=O) groups is 1. The van der Waals surface area contributed by atoms with Crippen LogP contribution in [0.25, 0.3) is 0 Å². The van der Waals surface area contributed by atoms with Crippen LogP contribution in [0.5, 0.6) is 5.75 Å². The zero-order valence-corrected chi connectivity index (χ0v) is 14.5. The summed E-state index contributed by atoms with van der Waals surface area (Å²) in [7, 11) is 0. The van der Waals surface area contributed by atoms with Gasteiger partial charge in [-0.3, -0.25) is 4.79 Å². The third kappa shape index (κ3) is 5.46. The zero-order chi connectivity index (χ0) is 16.7. The first-order valence-electron chi connectivity index (χ1n) is 7.15. The van der Waals surface area contributed by atoms with E-state index in [4.69, 9.17) is 14.2 Å². The smallest absolute Gasteiger partial charge is 0.245 e. The Labute approximate surface area is 143 Å². The maximum Gasteiger partial charge on any atom is 0.245 e. The van der Waals surface area contributed by atoms with Crippen molar-refractivity contribution in [2.45, 2.75) is 19.1 Å². The van der Waals surface area contributed by atoms with E-state index in [-0.39, 0.29) is 12.3 Å². The number of amides is 1. The van der Waals surface area contributed by atoms with Gasteiger partial charge >= 0.3 is 0 Å². The lowest BCUT2D eigenvalue weighted by molar-refractivity contribution is -0.159. The van der Waals surface area contributed by atoms with Gasteiger partial charge in [0.2, 0.25) is 5.91 Å². The van der Waals surface area contributed by atoms with Crippen LogP contribution in [0.15, 0.2) is 40.4 Å². The van der Waals surface area contributed by atoms with Gasteiger partial charge in [-0.15, -0.1) is 0 Å². The lowest BCUT2D eigenvalue weighted by Crippen LogP contribution is -2.33. The number of hydrogen-bond acceptors (Lipinski definition) is 5. The molecule has 0 spiro atoms. The van der Waals surface area contributed by atoms with Gasteiger partial charge in [-0.2, -0.15) is 5.10 Å². The zero-order valence-electron chi connectivity index (χ0n) is 12.9. The first-order chi connectivity index (χ1) is 11.0. The molecule has 1 aromatic carbocycles.